The Labute approximate surface area is 190 Å². The summed E-state index contributed by atoms with van der Waals surface area (Å²) in [7, 11) is 0. The normalized spacial score (nSPS) is 10.6. The Kier molecular flexibility index (Phi) is 6.59. The first-order chi connectivity index (χ1) is 16.0. The van der Waals surface area contributed by atoms with E-state index >= 15 is 0 Å². The van der Waals surface area contributed by atoms with Gasteiger partial charge < -0.3 is 15.1 Å². The first kappa shape index (κ1) is 22.0. The second-order valence-electron chi connectivity index (χ2n) is 7.44. The largest absolute Gasteiger partial charge is 0.440 e. The predicted molar refractivity (Wildman–Crippen MR) is 125 cm³/mol. The van der Waals surface area contributed by atoms with Gasteiger partial charge in [0.1, 0.15) is 11.5 Å². The van der Waals surface area contributed by atoms with Crippen LogP contribution in [0.1, 0.15) is 19.2 Å². The van der Waals surface area contributed by atoms with Gasteiger partial charge in [0, 0.05) is 36.6 Å². The van der Waals surface area contributed by atoms with E-state index < -0.39 is 11.7 Å². The summed E-state index contributed by atoms with van der Waals surface area (Å²) >= 11 is 0. The summed E-state index contributed by atoms with van der Waals surface area (Å²) in [4.78, 5) is 28.3. The second kappa shape index (κ2) is 9.91. The lowest BCUT2D eigenvalue weighted by atomic mass is 10.1. The van der Waals surface area contributed by atoms with E-state index in [-0.39, 0.29) is 24.4 Å². The van der Waals surface area contributed by atoms with Crippen LogP contribution >= 0.6 is 0 Å². The molecule has 2 N–H and O–H groups in total. The number of nitrogens with one attached hydrogen (secondary N) is 2. The summed E-state index contributed by atoms with van der Waals surface area (Å²) in [6.45, 7) is 1.29. The molecule has 0 atom stereocenters. The molecule has 0 spiro atoms. The number of benzene rings is 3. The Morgan fingerprint density at radius 2 is 1.58 bits per heavy atom. The number of nitrogens with zero attached hydrogens (tertiary/aromatic N) is 1. The van der Waals surface area contributed by atoms with Gasteiger partial charge in [-0.2, -0.15) is 0 Å². The number of aromatic nitrogens is 1. The highest BCUT2D eigenvalue weighted by Gasteiger charge is 2.17. The van der Waals surface area contributed by atoms with Crippen molar-refractivity contribution in [1.29, 1.82) is 0 Å². The van der Waals surface area contributed by atoms with Crippen LogP contribution in [0.4, 0.5) is 15.8 Å². The molecule has 0 saturated heterocycles. The first-order valence-corrected chi connectivity index (χ1v) is 10.5. The van der Waals surface area contributed by atoms with Crippen molar-refractivity contribution in [3.8, 4) is 22.6 Å². The molecule has 0 aliphatic rings. The average molecular weight is 443 g/mol. The first-order valence-electron chi connectivity index (χ1n) is 10.5. The molecule has 0 aliphatic heterocycles. The number of oxazole rings is 1. The maximum atomic E-state index is 13.8. The minimum Gasteiger partial charge on any atom is -0.440 e. The number of hydrogen-bond acceptors (Lipinski definition) is 4. The zero-order valence-electron chi connectivity index (χ0n) is 18.0. The van der Waals surface area contributed by atoms with Crippen molar-refractivity contribution in [3.63, 3.8) is 0 Å². The zero-order valence-corrected chi connectivity index (χ0v) is 18.0. The second-order valence-corrected chi connectivity index (χ2v) is 7.44. The molecule has 33 heavy (non-hydrogen) atoms. The molecule has 0 saturated carbocycles. The highest BCUT2D eigenvalue weighted by atomic mass is 19.1. The van der Waals surface area contributed by atoms with Gasteiger partial charge in [0.2, 0.25) is 11.8 Å². The average Bonchev–Trinajstić information content (AvgIpc) is 3.25. The van der Waals surface area contributed by atoms with Gasteiger partial charge in [0.25, 0.3) is 0 Å². The van der Waals surface area contributed by atoms with E-state index in [2.05, 4.69) is 15.6 Å². The molecule has 0 radical (unpaired) electrons. The van der Waals surface area contributed by atoms with Gasteiger partial charge in [-0.15, -0.1) is 0 Å². The molecular formula is C26H22FN3O3. The van der Waals surface area contributed by atoms with E-state index in [0.717, 1.165) is 16.8 Å². The van der Waals surface area contributed by atoms with Gasteiger partial charge in [-0.1, -0.05) is 60.7 Å². The molecule has 1 aromatic heterocycles. The lowest BCUT2D eigenvalue weighted by Crippen LogP contribution is -2.13. The summed E-state index contributed by atoms with van der Waals surface area (Å²) in [6.07, 6.45) is 0.411. The predicted octanol–water partition coefficient (Wildman–Crippen LogP) is 5.68. The Balaban J connectivity index is 1.49. The van der Waals surface area contributed by atoms with Crippen LogP contribution in [0.5, 0.6) is 0 Å². The van der Waals surface area contributed by atoms with Crippen molar-refractivity contribution in [2.75, 3.05) is 10.6 Å². The highest BCUT2D eigenvalue weighted by Crippen LogP contribution is 2.32. The molecule has 3 aromatic carbocycles. The molecule has 2 amide bonds. The molecule has 1 heterocycles. The van der Waals surface area contributed by atoms with Gasteiger partial charge >= 0.3 is 0 Å². The zero-order chi connectivity index (χ0) is 23.2. The van der Waals surface area contributed by atoms with E-state index in [4.69, 9.17) is 4.42 Å². The van der Waals surface area contributed by atoms with E-state index in [9.17, 15) is 14.0 Å². The molecule has 6 nitrogen and oxygen atoms in total. The third-order valence-corrected chi connectivity index (χ3v) is 4.88. The van der Waals surface area contributed by atoms with Crippen LogP contribution in [-0.4, -0.2) is 16.8 Å². The van der Waals surface area contributed by atoms with Crippen molar-refractivity contribution < 1.29 is 18.4 Å². The van der Waals surface area contributed by atoms with E-state index in [1.165, 1.54) is 25.1 Å². The van der Waals surface area contributed by atoms with Crippen LogP contribution in [-0.2, 0) is 16.0 Å². The maximum Gasteiger partial charge on any atom is 0.224 e. The smallest absolute Gasteiger partial charge is 0.224 e. The number of aryl methyl sites for hydroxylation is 1. The third kappa shape index (κ3) is 5.51. The number of hydrogen-bond donors (Lipinski definition) is 2. The minimum absolute atomic E-state index is 0.00741. The Morgan fingerprint density at radius 1 is 0.909 bits per heavy atom. The van der Waals surface area contributed by atoms with E-state index in [0.29, 0.717) is 17.3 Å². The minimum atomic E-state index is -0.579. The quantitative estimate of drug-likeness (QED) is 0.385. The highest BCUT2D eigenvalue weighted by molar-refractivity contribution is 5.93. The topological polar surface area (TPSA) is 84.2 Å². The Hall–Kier alpha value is -4.26. The Morgan fingerprint density at radius 3 is 2.24 bits per heavy atom. The molecule has 166 valence electrons. The van der Waals surface area contributed by atoms with Crippen molar-refractivity contribution in [2.24, 2.45) is 0 Å². The van der Waals surface area contributed by atoms with Gasteiger partial charge in [-0.05, 0) is 18.2 Å². The maximum absolute atomic E-state index is 13.8. The summed E-state index contributed by atoms with van der Waals surface area (Å²) in [6, 6.07) is 23.4. The van der Waals surface area contributed by atoms with Crippen LogP contribution in [0.2, 0.25) is 0 Å². The van der Waals surface area contributed by atoms with Crippen molar-refractivity contribution in [1.82, 2.24) is 4.98 Å². The fraction of sp³-hybridized carbons (Fsp3) is 0.115. The number of rotatable bonds is 7. The van der Waals surface area contributed by atoms with Gasteiger partial charge in [0.05, 0.1) is 5.69 Å². The van der Waals surface area contributed by atoms with Gasteiger partial charge in [0.15, 0.2) is 11.7 Å². The fourth-order valence-corrected chi connectivity index (χ4v) is 3.38. The van der Waals surface area contributed by atoms with Crippen molar-refractivity contribution >= 4 is 23.2 Å². The molecule has 7 heteroatoms. The molecular weight excluding hydrogens is 421 g/mol. The van der Waals surface area contributed by atoms with E-state index in [1.807, 2.05) is 60.7 Å². The van der Waals surface area contributed by atoms with Crippen LogP contribution < -0.4 is 10.6 Å². The molecule has 4 rings (SSSR count). The fourth-order valence-electron chi connectivity index (χ4n) is 3.38. The number of amides is 2. The van der Waals surface area contributed by atoms with Crippen LogP contribution in [0.3, 0.4) is 0 Å². The van der Waals surface area contributed by atoms with Gasteiger partial charge in [-0.3, -0.25) is 9.59 Å². The molecule has 0 aliphatic carbocycles. The lowest BCUT2D eigenvalue weighted by molar-refractivity contribution is -0.116. The van der Waals surface area contributed by atoms with Gasteiger partial charge in [-0.25, -0.2) is 9.37 Å². The number of anilines is 2. The summed E-state index contributed by atoms with van der Waals surface area (Å²) in [5.41, 5.74) is 2.93. The standard InChI is InChI=1S/C26H22FN3O3/c1-17(31)28-22-16-20(12-13-21(22)27)29-23(32)14-15-24-30-25(18-8-4-2-5-9-18)26(33-24)19-10-6-3-7-11-19/h2-13,16H,14-15H2,1H3,(H,28,31)(H,29,32). The van der Waals surface area contributed by atoms with Crippen LogP contribution in [0.25, 0.3) is 22.6 Å². The third-order valence-electron chi connectivity index (χ3n) is 4.88. The van der Waals surface area contributed by atoms with Crippen LogP contribution in [0.15, 0.2) is 83.3 Å². The van der Waals surface area contributed by atoms with Crippen LogP contribution in [0, 0.1) is 5.82 Å². The summed E-state index contributed by atoms with van der Waals surface area (Å²) in [5.74, 6) is -0.165. The van der Waals surface area contributed by atoms with E-state index in [1.54, 1.807) is 0 Å². The molecule has 0 unspecified atom stereocenters. The summed E-state index contributed by atoms with van der Waals surface area (Å²) < 4.78 is 19.9. The number of carbonyl (C=O) groups is 2. The molecule has 0 bridgehead atoms. The van der Waals surface area contributed by atoms with Crippen molar-refractivity contribution in [3.05, 3.63) is 90.6 Å². The molecule has 4 aromatic rings. The summed E-state index contributed by atoms with van der Waals surface area (Å²) in [5, 5.41) is 5.11. The SMILES string of the molecule is CC(=O)Nc1cc(NC(=O)CCc2nc(-c3ccccc3)c(-c3ccccc3)o2)ccc1F. The lowest BCUT2D eigenvalue weighted by Gasteiger charge is -2.08. The molecule has 0 fully saturated rings. The number of carbonyl (C=O) groups excluding carboxylic acids is 2. The van der Waals surface area contributed by atoms with Crippen molar-refractivity contribution in [2.45, 2.75) is 19.8 Å². The Bertz CT molecular complexity index is 1210. The monoisotopic (exact) mass is 443 g/mol. The number of halogens is 1.